The van der Waals surface area contributed by atoms with E-state index >= 15 is 0 Å². The third kappa shape index (κ3) is 3.95. The predicted molar refractivity (Wildman–Crippen MR) is 99.7 cm³/mol. The Balaban J connectivity index is 1.91. The average molecular weight is 372 g/mol. The number of amides is 3. The van der Waals surface area contributed by atoms with Gasteiger partial charge in [-0.3, -0.25) is 14.4 Å². The molecule has 1 saturated heterocycles. The maximum atomic E-state index is 12.8. The number of fused-ring (bicyclic) bond motifs is 1. The van der Waals surface area contributed by atoms with Crippen molar-refractivity contribution in [2.45, 2.75) is 38.4 Å². The smallest absolute Gasteiger partial charge is 0.245 e. The van der Waals surface area contributed by atoms with E-state index in [4.69, 9.17) is 0 Å². The van der Waals surface area contributed by atoms with Crippen LogP contribution in [-0.4, -0.2) is 52.5 Å². The fourth-order valence-corrected chi connectivity index (χ4v) is 3.25. The molecule has 8 nitrogen and oxygen atoms in total. The van der Waals surface area contributed by atoms with Crippen molar-refractivity contribution in [1.82, 2.24) is 20.9 Å². The number of H-pyrrole nitrogens is 1. The molecular formula is C19H24N4O4. The summed E-state index contributed by atoms with van der Waals surface area (Å²) in [5, 5.41) is 18.3. The Kier molecular flexibility index (Phi) is 5.46. The second kappa shape index (κ2) is 7.79. The lowest BCUT2D eigenvalue weighted by atomic mass is 10.0. The number of hydrogen-bond donors (Lipinski definition) is 5. The highest BCUT2D eigenvalue weighted by Crippen LogP contribution is 2.19. The third-order valence-corrected chi connectivity index (χ3v) is 4.79. The van der Waals surface area contributed by atoms with Gasteiger partial charge in [-0.1, -0.05) is 32.0 Å². The standard InChI is InChI=1S/C19H24N4O4/c1-10(2)16-19(27)22-15(9-24)18(26)21-14(17(25)23-16)7-11-8-20-13-6-4-3-5-12(11)13/h3-6,8,10,14-16,20,24H,7,9H2,1-2H3,(H,21,26)(H,22,27)(H,23,25)/t14-,15-,16-/m0/s1. The molecule has 1 fully saturated rings. The first-order valence-corrected chi connectivity index (χ1v) is 8.97. The normalized spacial score (nSPS) is 24.0. The number of aliphatic hydroxyl groups excluding tert-OH is 1. The molecule has 0 bridgehead atoms. The number of para-hydroxylation sites is 1. The van der Waals surface area contributed by atoms with Crippen LogP contribution in [0.1, 0.15) is 19.4 Å². The van der Waals surface area contributed by atoms with E-state index in [0.29, 0.717) is 0 Å². The van der Waals surface area contributed by atoms with Crippen LogP contribution in [0.2, 0.25) is 0 Å². The molecule has 144 valence electrons. The fraction of sp³-hybridized carbons (Fsp3) is 0.421. The van der Waals surface area contributed by atoms with Crippen LogP contribution in [0.5, 0.6) is 0 Å². The number of benzene rings is 1. The van der Waals surface area contributed by atoms with E-state index in [0.717, 1.165) is 16.5 Å². The summed E-state index contributed by atoms with van der Waals surface area (Å²) in [4.78, 5) is 40.8. The molecule has 1 aliphatic rings. The Bertz CT molecular complexity index is 860. The molecule has 1 aromatic carbocycles. The van der Waals surface area contributed by atoms with Crippen molar-refractivity contribution >= 4 is 28.6 Å². The summed E-state index contributed by atoms with van der Waals surface area (Å²) in [6, 6.07) is 4.93. The first-order valence-electron chi connectivity index (χ1n) is 8.97. The first-order chi connectivity index (χ1) is 12.9. The van der Waals surface area contributed by atoms with Crippen molar-refractivity contribution in [3.8, 4) is 0 Å². The van der Waals surface area contributed by atoms with Gasteiger partial charge < -0.3 is 26.0 Å². The molecule has 1 aliphatic heterocycles. The molecule has 2 aromatic rings. The predicted octanol–water partition coefficient (Wildman–Crippen LogP) is -0.173. The van der Waals surface area contributed by atoms with Crippen LogP contribution >= 0.6 is 0 Å². The van der Waals surface area contributed by atoms with E-state index in [9.17, 15) is 19.5 Å². The number of aliphatic hydroxyl groups is 1. The minimum atomic E-state index is -1.10. The number of rotatable bonds is 4. The minimum Gasteiger partial charge on any atom is -0.394 e. The Morgan fingerprint density at radius 1 is 0.963 bits per heavy atom. The van der Waals surface area contributed by atoms with Crippen molar-refractivity contribution < 1.29 is 19.5 Å². The van der Waals surface area contributed by atoms with Gasteiger partial charge in [0, 0.05) is 23.5 Å². The zero-order chi connectivity index (χ0) is 19.6. The quantitative estimate of drug-likeness (QED) is 0.511. The molecule has 0 aliphatic carbocycles. The molecule has 0 saturated carbocycles. The molecule has 0 spiro atoms. The van der Waals surface area contributed by atoms with Gasteiger partial charge in [-0.25, -0.2) is 0 Å². The summed E-state index contributed by atoms with van der Waals surface area (Å²) < 4.78 is 0. The number of nitrogens with one attached hydrogen (secondary N) is 4. The Hall–Kier alpha value is -2.87. The van der Waals surface area contributed by atoms with E-state index in [1.165, 1.54) is 0 Å². The van der Waals surface area contributed by atoms with Crippen LogP contribution in [0, 0.1) is 5.92 Å². The molecule has 5 N–H and O–H groups in total. The van der Waals surface area contributed by atoms with E-state index in [-0.39, 0.29) is 12.3 Å². The van der Waals surface area contributed by atoms with Gasteiger partial charge >= 0.3 is 0 Å². The molecule has 3 atom stereocenters. The van der Waals surface area contributed by atoms with Crippen molar-refractivity contribution in [1.29, 1.82) is 0 Å². The SMILES string of the molecule is CC(C)[C@@H]1NC(=O)[C@H](Cc2c[nH]c3ccccc23)NC(=O)[C@H](CO)NC1=O. The molecule has 27 heavy (non-hydrogen) atoms. The van der Waals surface area contributed by atoms with Gasteiger partial charge in [0.1, 0.15) is 18.1 Å². The summed E-state index contributed by atoms with van der Waals surface area (Å²) in [6.07, 6.45) is 2.07. The summed E-state index contributed by atoms with van der Waals surface area (Å²) in [5.41, 5.74) is 1.82. The largest absolute Gasteiger partial charge is 0.394 e. The summed E-state index contributed by atoms with van der Waals surface area (Å²) in [6.45, 7) is 3.07. The van der Waals surface area contributed by atoms with E-state index in [2.05, 4.69) is 20.9 Å². The van der Waals surface area contributed by atoms with Gasteiger partial charge in [0.25, 0.3) is 0 Å². The highest BCUT2D eigenvalue weighted by Gasteiger charge is 2.35. The maximum Gasteiger partial charge on any atom is 0.245 e. The fourth-order valence-electron chi connectivity index (χ4n) is 3.25. The van der Waals surface area contributed by atoms with Crippen LogP contribution in [0.25, 0.3) is 10.9 Å². The lowest BCUT2D eigenvalue weighted by Crippen LogP contribution is -2.53. The van der Waals surface area contributed by atoms with Crippen molar-refractivity contribution in [2.75, 3.05) is 6.61 Å². The zero-order valence-corrected chi connectivity index (χ0v) is 15.3. The number of hydrogen-bond acceptors (Lipinski definition) is 4. The molecule has 1 aromatic heterocycles. The van der Waals surface area contributed by atoms with Gasteiger partial charge in [0.2, 0.25) is 17.7 Å². The van der Waals surface area contributed by atoms with E-state index < -0.39 is 42.5 Å². The average Bonchev–Trinajstić information content (AvgIpc) is 3.06. The third-order valence-electron chi connectivity index (χ3n) is 4.79. The number of carbonyl (C=O) groups excluding carboxylic acids is 3. The lowest BCUT2D eigenvalue weighted by Gasteiger charge is -2.23. The van der Waals surface area contributed by atoms with Crippen molar-refractivity contribution in [3.63, 3.8) is 0 Å². The van der Waals surface area contributed by atoms with Gasteiger partial charge in [-0.2, -0.15) is 0 Å². The minimum absolute atomic E-state index is 0.171. The Morgan fingerprint density at radius 3 is 2.33 bits per heavy atom. The molecule has 0 unspecified atom stereocenters. The molecule has 2 heterocycles. The van der Waals surface area contributed by atoms with Gasteiger partial charge in [0.05, 0.1) is 6.61 Å². The first kappa shape index (κ1) is 18.9. The summed E-state index contributed by atoms with van der Waals surface area (Å²) in [5.74, 6) is -1.67. The molecule has 8 heteroatoms. The van der Waals surface area contributed by atoms with E-state index in [1.54, 1.807) is 13.8 Å². The maximum absolute atomic E-state index is 12.8. The second-order valence-corrected chi connectivity index (χ2v) is 7.10. The molecule has 3 rings (SSSR count). The van der Waals surface area contributed by atoms with Crippen LogP contribution in [0.15, 0.2) is 30.5 Å². The van der Waals surface area contributed by atoms with Crippen LogP contribution in [0.4, 0.5) is 0 Å². The summed E-state index contributed by atoms with van der Waals surface area (Å²) in [7, 11) is 0. The monoisotopic (exact) mass is 372 g/mol. The van der Waals surface area contributed by atoms with Gasteiger partial charge in [-0.15, -0.1) is 0 Å². The van der Waals surface area contributed by atoms with Gasteiger partial charge in [0.15, 0.2) is 0 Å². The topological polar surface area (TPSA) is 123 Å². The highest BCUT2D eigenvalue weighted by atomic mass is 16.3. The lowest BCUT2D eigenvalue weighted by molar-refractivity contribution is -0.131. The van der Waals surface area contributed by atoms with Crippen LogP contribution in [-0.2, 0) is 20.8 Å². The van der Waals surface area contributed by atoms with Gasteiger partial charge in [-0.05, 0) is 17.5 Å². The highest BCUT2D eigenvalue weighted by molar-refractivity contribution is 5.97. The number of aromatic amines is 1. The summed E-state index contributed by atoms with van der Waals surface area (Å²) >= 11 is 0. The van der Waals surface area contributed by atoms with Crippen LogP contribution in [0.3, 0.4) is 0 Å². The molecule has 3 amide bonds. The second-order valence-electron chi connectivity index (χ2n) is 7.10. The number of carbonyl (C=O) groups is 3. The Labute approximate surface area is 156 Å². The molecular weight excluding hydrogens is 348 g/mol. The number of aromatic nitrogens is 1. The zero-order valence-electron chi connectivity index (χ0n) is 15.3. The molecule has 0 radical (unpaired) electrons. The van der Waals surface area contributed by atoms with Crippen molar-refractivity contribution in [3.05, 3.63) is 36.0 Å². The van der Waals surface area contributed by atoms with Crippen molar-refractivity contribution in [2.24, 2.45) is 5.92 Å². The van der Waals surface area contributed by atoms with E-state index in [1.807, 2.05) is 30.5 Å². The van der Waals surface area contributed by atoms with Crippen LogP contribution < -0.4 is 16.0 Å². The Morgan fingerprint density at radius 2 is 1.63 bits per heavy atom.